The van der Waals surface area contributed by atoms with Crippen molar-refractivity contribution in [2.45, 2.75) is 36.1 Å². The number of likely N-dealkylation sites (tertiary alicyclic amines) is 1. The average molecular weight is 505 g/mol. The topological polar surface area (TPSA) is 59.8 Å². The van der Waals surface area contributed by atoms with Crippen LogP contribution in [-0.2, 0) is 15.2 Å². The highest BCUT2D eigenvalue weighted by atomic mass is 32.2. The van der Waals surface area contributed by atoms with Crippen LogP contribution in [0.25, 0.3) is 16.9 Å². The van der Waals surface area contributed by atoms with E-state index in [-0.39, 0.29) is 5.91 Å². The van der Waals surface area contributed by atoms with Crippen molar-refractivity contribution in [1.82, 2.24) is 19.6 Å². The maximum Gasteiger partial charge on any atom is 0.274 e. The van der Waals surface area contributed by atoms with E-state index < -0.39 is 0 Å². The molecule has 0 saturated carbocycles. The lowest BCUT2D eigenvalue weighted by molar-refractivity contribution is 0.0298. The molecular weight excluding hydrogens is 472 g/mol. The van der Waals surface area contributed by atoms with Gasteiger partial charge in [0, 0.05) is 61.1 Å². The zero-order valence-electron chi connectivity index (χ0n) is 20.9. The van der Waals surface area contributed by atoms with Crippen LogP contribution >= 0.6 is 11.8 Å². The molecule has 4 heterocycles. The molecule has 2 unspecified atom stereocenters. The van der Waals surface area contributed by atoms with E-state index in [1.807, 2.05) is 9.58 Å². The number of hydrogen-bond acceptors (Lipinski definition) is 6. The zero-order valence-corrected chi connectivity index (χ0v) is 21.7. The van der Waals surface area contributed by atoms with E-state index in [0.29, 0.717) is 44.1 Å². The number of nitrogens with zero attached hydrogens (tertiary/aromatic N) is 4. The fourth-order valence-corrected chi connectivity index (χ4v) is 6.55. The van der Waals surface area contributed by atoms with Crippen LogP contribution in [0.5, 0.6) is 0 Å². The number of fused-ring (bicyclic) bond motifs is 3. The van der Waals surface area contributed by atoms with Gasteiger partial charge in [-0.25, -0.2) is 4.68 Å². The van der Waals surface area contributed by atoms with E-state index in [2.05, 4.69) is 60.4 Å². The van der Waals surface area contributed by atoms with Gasteiger partial charge in [-0.2, -0.15) is 5.10 Å². The van der Waals surface area contributed by atoms with Crippen molar-refractivity contribution in [3.8, 4) is 16.9 Å². The predicted molar refractivity (Wildman–Crippen MR) is 141 cm³/mol. The number of thioether (sulfide) groups is 1. The van der Waals surface area contributed by atoms with Crippen molar-refractivity contribution in [1.29, 1.82) is 0 Å². The van der Waals surface area contributed by atoms with Gasteiger partial charge >= 0.3 is 0 Å². The third-order valence-corrected chi connectivity index (χ3v) is 8.78. The van der Waals surface area contributed by atoms with Crippen molar-refractivity contribution in [2.75, 3.05) is 46.5 Å². The van der Waals surface area contributed by atoms with Gasteiger partial charge in [-0.15, -0.1) is 11.8 Å². The second-order valence-electron chi connectivity index (χ2n) is 9.69. The van der Waals surface area contributed by atoms with Crippen LogP contribution in [0.3, 0.4) is 0 Å². The Balaban J connectivity index is 1.36. The number of carbonyl (C=O) groups excluding carboxylic acids is 1. The predicted octanol–water partition coefficient (Wildman–Crippen LogP) is 4.40. The minimum Gasteiger partial charge on any atom is -0.380 e. The molecule has 0 aliphatic carbocycles. The highest BCUT2D eigenvalue weighted by Crippen LogP contribution is 2.44. The molecule has 3 aliphatic heterocycles. The summed E-state index contributed by atoms with van der Waals surface area (Å²) in [5.41, 5.74) is 6.00. The molecule has 2 aromatic carbocycles. The molecule has 1 amide bonds. The molecule has 8 heteroatoms. The van der Waals surface area contributed by atoms with Crippen LogP contribution in [0.1, 0.15) is 41.0 Å². The fourth-order valence-electron chi connectivity index (χ4n) is 5.48. The smallest absolute Gasteiger partial charge is 0.274 e. The first-order valence-corrected chi connectivity index (χ1v) is 13.7. The first kappa shape index (κ1) is 23.7. The highest BCUT2D eigenvalue weighted by molar-refractivity contribution is 7.98. The van der Waals surface area contributed by atoms with Gasteiger partial charge in [0.2, 0.25) is 0 Å². The maximum absolute atomic E-state index is 13.5. The molecule has 2 fully saturated rings. The normalized spacial score (nSPS) is 20.7. The van der Waals surface area contributed by atoms with Crippen molar-refractivity contribution in [3.05, 3.63) is 65.4 Å². The number of rotatable bonds is 5. The van der Waals surface area contributed by atoms with E-state index >= 15 is 0 Å². The number of morpholine rings is 1. The average Bonchev–Trinajstić information content (AvgIpc) is 3.58. The standard InChI is InChI=1S/C28H32N4O3S/c1-19(31-12-11-22(17-31)34-2)20-7-9-21(10-8-20)32-27-23-5-3-4-6-25(23)36-18-24(27)26(29-32)28(33)30-13-15-35-16-14-30/h3-10,19,22H,11-18H2,1-2H3. The molecule has 0 spiro atoms. The minimum atomic E-state index is 0.000235. The molecule has 6 rings (SSSR count). The molecule has 188 valence electrons. The Morgan fingerprint density at radius 1 is 1.11 bits per heavy atom. The van der Waals surface area contributed by atoms with Gasteiger partial charge < -0.3 is 14.4 Å². The molecule has 2 atom stereocenters. The van der Waals surface area contributed by atoms with Crippen LogP contribution in [-0.4, -0.2) is 78.1 Å². The van der Waals surface area contributed by atoms with Crippen LogP contribution < -0.4 is 0 Å². The Hall–Kier alpha value is -2.65. The molecule has 1 aromatic heterocycles. The SMILES string of the molecule is COC1CCN(C(C)c2ccc(-n3nc(C(=O)N4CCOCC4)c4c3-c3ccccc3SC4)cc2)C1. The molecule has 3 aromatic rings. The Bertz CT molecular complexity index is 1250. The number of hydrogen-bond donors (Lipinski definition) is 0. The molecular formula is C28H32N4O3S. The number of methoxy groups -OCH3 is 1. The Morgan fingerprint density at radius 3 is 2.64 bits per heavy atom. The Kier molecular flexibility index (Phi) is 6.60. The summed E-state index contributed by atoms with van der Waals surface area (Å²) in [5.74, 6) is 0.739. The molecule has 0 N–H and O–H groups in total. The van der Waals surface area contributed by atoms with E-state index in [4.69, 9.17) is 14.6 Å². The van der Waals surface area contributed by atoms with Crippen LogP contribution in [0.15, 0.2) is 53.4 Å². The molecule has 0 bridgehead atoms. The molecule has 36 heavy (non-hydrogen) atoms. The summed E-state index contributed by atoms with van der Waals surface area (Å²) < 4.78 is 13.0. The molecule has 7 nitrogen and oxygen atoms in total. The van der Waals surface area contributed by atoms with Crippen LogP contribution in [0.4, 0.5) is 0 Å². The van der Waals surface area contributed by atoms with E-state index in [1.165, 1.54) is 10.5 Å². The van der Waals surface area contributed by atoms with Crippen molar-refractivity contribution in [2.24, 2.45) is 0 Å². The summed E-state index contributed by atoms with van der Waals surface area (Å²) in [5, 5.41) is 4.95. The molecule has 0 radical (unpaired) electrons. The van der Waals surface area contributed by atoms with Gasteiger partial charge in [0.25, 0.3) is 5.91 Å². The van der Waals surface area contributed by atoms with Gasteiger partial charge in [-0.05, 0) is 37.1 Å². The zero-order chi connectivity index (χ0) is 24.6. The number of amides is 1. The Labute approximate surface area is 216 Å². The number of aromatic nitrogens is 2. The monoisotopic (exact) mass is 504 g/mol. The number of carbonyl (C=O) groups is 1. The quantitative estimate of drug-likeness (QED) is 0.513. The summed E-state index contributed by atoms with van der Waals surface area (Å²) in [6.07, 6.45) is 1.40. The van der Waals surface area contributed by atoms with Crippen molar-refractivity contribution >= 4 is 17.7 Å². The van der Waals surface area contributed by atoms with E-state index in [0.717, 1.165) is 47.8 Å². The summed E-state index contributed by atoms with van der Waals surface area (Å²) in [6, 6.07) is 17.4. The maximum atomic E-state index is 13.5. The second kappa shape index (κ2) is 10.0. The third kappa shape index (κ3) is 4.26. The molecule has 2 saturated heterocycles. The third-order valence-electron chi connectivity index (χ3n) is 7.68. The molecule has 3 aliphatic rings. The van der Waals surface area contributed by atoms with Gasteiger partial charge in [0.05, 0.1) is 30.7 Å². The summed E-state index contributed by atoms with van der Waals surface area (Å²) in [6.45, 7) is 6.65. The first-order valence-electron chi connectivity index (χ1n) is 12.7. The van der Waals surface area contributed by atoms with Gasteiger partial charge in [-0.1, -0.05) is 30.3 Å². The van der Waals surface area contributed by atoms with Crippen LogP contribution in [0, 0.1) is 0 Å². The van der Waals surface area contributed by atoms with E-state index in [9.17, 15) is 4.79 Å². The first-order chi connectivity index (χ1) is 17.6. The lowest BCUT2D eigenvalue weighted by atomic mass is 10.0. The summed E-state index contributed by atoms with van der Waals surface area (Å²) in [7, 11) is 1.80. The number of benzene rings is 2. The van der Waals surface area contributed by atoms with E-state index in [1.54, 1.807) is 18.9 Å². The Morgan fingerprint density at radius 2 is 1.89 bits per heavy atom. The second-order valence-corrected chi connectivity index (χ2v) is 10.7. The lowest BCUT2D eigenvalue weighted by Crippen LogP contribution is -2.41. The van der Waals surface area contributed by atoms with Crippen LogP contribution in [0.2, 0.25) is 0 Å². The van der Waals surface area contributed by atoms with Gasteiger partial charge in [-0.3, -0.25) is 9.69 Å². The number of ether oxygens (including phenoxy) is 2. The fraction of sp³-hybridized carbons (Fsp3) is 0.429. The van der Waals surface area contributed by atoms with Gasteiger partial charge in [0.1, 0.15) is 0 Å². The lowest BCUT2D eigenvalue weighted by Gasteiger charge is -2.26. The largest absolute Gasteiger partial charge is 0.380 e. The van der Waals surface area contributed by atoms with Crippen molar-refractivity contribution < 1.29 is 14.3 Å². The van der Waals surface area contributed by atoms with Crippen molar-refractivity contribution in [3.63, 3.8) is 0 Å². The summed E-state index contributed by atoms with van der Waals surface area (Å²) >= 11 is 1.78. The van der Waals surface area contributed by atoms with Gasteiger partial charge in [0.15, 0.2) is 5.69 Å². The minimum absolute atomic E-state index is 0.000235. The highest BCUT2D eigenvalue weighted by Gasteiger charge is 2.32. The summed E-state index contributed by atoms with van der Waals surface area (Å²) in [4.78, 5) is 19.1.